The van der Waals surface area contributed by atoms with Crippen LogP contribution in [0.1, 0.15) is 110 Å². The van der Waals surface area contributed by atoms with Crippen molar-refractivity contribution in [3.8, 4) is 0 Å². The summed E-state index contributed by atoms with van der Waals surface area (Å²) in [7, 11) is 0. The molecule has 0 N–H and O–H groups in total. The summed E-state index contributed by atoms with van der Waals surface area (Å²) in [5.74, 6) is 0. The first kappa shape index (κ1) is 21.9. The molecule has 158 valence electrons. The zero-order chi connectivity index (χ0) is 19.5. The first-order valence-corrected chi connectivity index (χ1v) is 12.8. The molecule has 0 saturated carbocycles. The molecule has 0 atom stereocenters. The molecule has 28 heavy (non-hydrogen) atoms. The molecular formula is C27H46N+. The first-order chi connectivity index (χ1) is 13.9. The summed E-state index contributed by atoms with van der Waals surface area (Å²) >= 11 is 0. The van der Waals surface area contributed by atoms with Gasteiger partial charge in [0.15, 0.2) is 0 Å². The van der Waals surface area contributed by atoms with Gasteiger partial charge in [0.1, 0.15) is 18.1 Å². The second-order valence-corrected chi connectivity index (χ2v) is 9.65. The largest absolute Gasteiger partial charge is 0.297 e. The van der Waals surface area contributed by atoms with Crippen molar-refractivity contribution in [2.45, 2.75) is 128 Å². The van der Waals surface area contributed by atoms with Gasteiger partial charge in [-0.1, -0.05) is 96.8 Å². The minimum atomic E-state index is 0.668. The number of quaternary nitrogens is 1. The van der Waals surface area contributed by atoms with E-state index in [9.17, 15) is 0 Å². The van der Waals surface area contributed by atoms with Crippen LogP contribution in [-0.4, -0.2) is 29.2 Å². The van der Waals surface area contributed by atoms with E-state index in [0.717, 1.165) is 0 Å². The van der Waals surface area contributed by atoms with Gasteiger partial charge in [0.25, 0.3) is 0 Å². The summed E-state index contributed by atoms with van der Waals surface area (Å²) in [6.07, 6.45) is 38.0. The Bertz CT molecular complexity index is 451. The molecule has 1 nitrogen and oxygen atoms in total. The number of hydrogen-bond acceptors (Lipinski definition) is 0. The van der Waals surface area contributed by atoms with Gasteiger partial charge in [0.05, 0.1) is 6.54 Å². The highest BCUT2D eigenvalue weighted by atomic mass is 15.4. The SMILES string of the molecule is CCCCCCCCCCCCCCCCCC[N+]12C3C=CC1C=CC2C=C3. The Morgan fingerprint density at radius 3 is 1.04 bits per heavy atom. The van der Waals surface area contributed by atoms with Gasteiger partial charge in [-0.25, -0.2) is 0 Å². The lowest BCUT2D eigenvalue weighted by molar-refractivity contribution is -0.946. The van der Waals surface area contributed by atoms with Gasteiger partial charge in [-0.15, -0.1) is 0 Å². The van der Waals surface area contributed by atoms with Crippen molar-refractivity contribution < 1.29 is 4.48 Å². The fraction of sp³-hybridized carbons (Fsp3) is 0.778. The minimum Gasteiger partial charge on any atom is -0.297 e. The third-order valence-corrected chi connectivity index (χ3v) is 7.58. The fourth-order valence-electron chi connectivity index (χ4n) is 5.81. The monoisotopic (exact) mass is 384 g/mol. The normalized spacial score (nSPS) is 29.2. The van der Waals surface area contributed by atoms with Crippen molar-refractivity contribution in [1.29, 1.82) is 0 Å². The third-order valence-electron chi connectivity index (χ3n) is 7.58. The van der Waals surface area contributed by atoms with E-state index in [1.807, 2.05) is 0 Å². The Balaban J connectivity index is 1.09. The molecule has 0 aromatic rings. The quantitative estimate of drug-likeness (QED) is 0.136. The van der Waals surface area contributed by atoms with Crippen molar-refractivity contribution >= 4 is 0 Å². The molecule has 0 fully saturated rings. The molecule has 0 spiro atoms. The average molecular weight is 385 g/mol. The molecule has 3 aliphatic heterocycles. The number of hydrogen-bond donors (Lipinski definition) is 0. The second-order valence-electron chi connectivity index (χ2n) is 9.65. The van der Waals surface area contributed by atoms with Crippen molar-refractivity contribution in [2.24, 2.45) is 0 Å². The molecular weight excluding hydrogens is 338 g/mol. The van der Waals surface area contributed by atoms with Crippen LogP contribution in [-0.2, 0) is 0 Å². The van der Waals surface area contributed by atoms with Gasteiger partial charge >= 0.3 is 0 Å². The predicted octanol–water partition coefficient (Wildman–Crippen LogP) is 7.88. The fourth-order valence-corrected chi connectivity index (χ4v) is 5.81. The molecule has 3 rings (SSSR count). The Kier molecular flexibility index (Phi) is 9.38. The maximum Gasteiger partial charge on any atom is 0.128 e. The van der Waals surface area contributed by atoms with Crippen molar-refractivity contribution in [3.63, 3.8) is 0 Å². The first-order valence-electron chi connectivity index (χ1n) is 12.8. The topological polar surface area (TPSA) is 0 Å². The van der Waals surface area contributed by atoms with Gasteiger partial charge in [-0.3, -0.25) is 4.48 Å². The molecule has 0 amide bonds. The second kappa shape index (κ2) is 12.0. The van der Waals surface area contributed by atoms with Gasteiger partial charge in [0.2, 0.25) is 0 Å². The molecule has 0 aromatic carbocycles. The van der Waals surface area contributed by atoms with Gasteiger partial charge < -0.3 is 0 Å². The Hall–Kier alpha value is -0.820. The number of unbranched alkanes of at least 4 members (excludes halogenated alkanes) is 15. The molecule has 3 aliphatic rings. The third kappa shape index (κ3) is 5.62. The summed E-state index contributed by atoms with van der Waals surface area (Å²) in [6, 6.07) is 2.00. The maximum atomic E-state index is 2.46. The van der Waals surface area contributed by atoms with Crippen LogP contribution in [0, 0.1) is 0 Å². The summed E-state index contributed by atoms with van der Waals surface area (Å²) in [6.45, 7) is 3.67. The average Bonchev–Trinajstić information content (AvgIpc) is 3.35. The van der Waals surface area contributed by atoms with E-state index < -0.39 is 0 Å². The Morgan fingerprint density at radius 2 is 0.714 bits per heavy atom. The lowest BCUT2D eigenvalue weighted by atomic mass is 10.0. The summed E-state index contributed by atoms with van der Waals surface area (Å²) in [5, 5.41) is 0. The van der Waals surface area contributed by atoms with Crippen molar-refractivity contribution in [2.75, 3.05) is 6.54 Å². The van der Waals surface area contributed by atoms with Crippen LogP contribution in [0.15, 0.2) is 36.5 Å². The van der Waals surface area contributed by atoms with Crippen molar-refractivity contribution in [3.05, 3.63) is 36.5 Å². The Labute approximate surface area is 175 Å². The highest BCUT2D eigenvalue weighted by Gasteiger charge is 2.53. The van der Waals surface area contributed by atoms with Crippen LogP contribution in [0.25, 0.3) is 0 Å². The highest BCUT2D eigenvalue weighted by Crippen LogP contribution is 2.42. The van der Waals surface area contributed by atoms with Crippen LogP contribution < -0.4 is 0 Å². The van der Waals surface area contributed by atoms with E-state index in [4.69, 9.17) is 0 Å². The minimum absolute atomic E-state index is 0.668. The van der Waals surface area contributed by atoms with Crippen LogP contribution in [0.4, 0.5) is 0 Å². The molecule has 0 saturated heterocycles. The Morgan fingerprint density at radius 1 is 0.429 bits per heavy atom. The van der Waals surface area contributed by atoms with E-state index in [1.54, 1.807) is 0 Å². The van der Waals surface area contributed by atoms with Gasteiger partial charge in [-0.05, 0) is 49.3 Å². The van der Waals surface area contributed by atoms with E-state index in [0.29, 0.717) is 18.1 Å². The maximum absolute atomic E-state index is 2.46. The smallest absolute Gasteiger partial charge is 0.128 e. The zero-order valence-electron chi connectivity index (χ0n) is 18.7. The van der Waals surface area contributed by atoms with Gasteiger partial charge in [-0.2, -0.15) is 0 Å². The molecule has 0 aliphatic carbocycles. The molecule has 0 unspecified atom stereocenters. The summed E-state index contributed by atoms with van der Waals surface area (Å²) < 4.78 is 1.29. The van der Waals surface area contributed by atoms with Crippen LogP contribution in [0.3, 0.4) is 0 Å². The van der Waals surface area contributed by atoms with Crippen LogP contribution in [0.5, 0.6) is 0 Å². The van der Waals surface area contributed by atoms with Gasteiger partial charge in [0, 0.05) is 0 Å². The molecule has 3 heterocycles. The molecule has 1 heteroatoms. The molecule has 0 radical (unpaired) electrons. The molecule has 0 bridgehead atoms. The lowest BCUT2D eigenvalue weighted by Gasteiger charge is -2.40. The standard InChI is InChI=1S/C27H46N/c1-2-3-4-5-6-7-8-9-10-11-12-13-14-15-16-17-24-28-25-18-19-26(28)22-23-27(28)21-20-25/h18-23,25-27H,2-17,24H2,1H3/q+1. The van der Waals surface area contributed by atoms with Crippen LogP contribution in [0.2, 0.25) is 0 Å². The van der Waals surface area contributed by atoms with Crippen molar-refractivity contribution in [1.82, 2.24) is 0 Å². The number of nitrogens with zero attached hydrogens (tertiary/aromatic N) is 1. The van der Waals surface area contributed by atoms with E-state index in [1.165, 1.54) is 114 Å². The zero-order valence-corrected chi connectivity index (χ0v) is 18.7. The summed E-state index contributed by atoms with van der Waals surface area (Å²) in [4.78, 5) is 0. The summed E-state index contributed by atoms with van der Waals surface area (Å²) in [5.41, 5.74) is 0. The van der Waals surface area contributed by atoms with E-state index >= 15 is 0 Å². The molecule has 0 aromatic heterocycles. The van der Waals surface area contributed by atoms with Crippen LogP contribution >= 0.6 is 0 Å². The lowest BCUT2D eigenvalue weighted by Crippen LogP contribution is -2.56. The van der Waals surface area contributed by atoms with E-state index in [2.05, 4.69) is 43.4 Å². The number of rotatable bonds is 17. The van der Waals surface area contributed by atoms with E-state index in [-0.39, 0.29) is 0 Å². The predicted molar refractivity (Wildman–Crippen MR) is 123 cm³/mol. The highest BCUT2D eigenvalue weighted by molar-refractivity contribution is 5.29.